The summed E-state index contributed by atoms with van der Waals surface area (Å²) in [6, 6.07) is 7.73. The molecule has 1 atom stereocenters. The molecule has 3 N–H and O–H groups in total. The van der Waals surface area contributed by atoms with Crippen LogP contribution < -0.4 is 20.5 Å². The number of nitrogens with one attached hydrogen (secondary N) is 1. The lowest BCUT2D eigenvalue weighted by Gasteiger charge is -2.16. The highest BCUT2D eigenvalue weighted by Crippen LogP contribution is 2.32. The molecule has 5 nitrogen and oxygen atoms in total. The number of para-hydroxylation sites is 2. The highest BCUT2D eigenvalue weighted by atomic mass is 35.5. The topological polar surface area (TPSA) is 73.6 Å². The monoisotopic (exact) mass is 342 g/mol. The Labute approximate surface area is 144 Å². The Bertz CT molecular complexity index is 481. The van der Waals surface area contributed by atoms with E-state index in [0.29, 0.717) is 38.5 Å². The van der Waals surface area contributed by atoms with Crippen molar-refractivity contribution in [2.75, 3.05) is 19.8 Å². The van der Waals surface area contributed by atoms with Gasteiger partial charge in [0, 0.05) is 19.0 Å². The third kappa shape index (κ3) is 6.67. The van der Waals surface area contributed by atoms with Crippen LogP contribution in [0.5, 0.6) is 11.5 Å². The molecule has 2 rings (SSSR count). The van der Waals surface area contributed by atoms with Crippen LogP contribution in [-0.4, -0.2) is 31.7 Å². The molecule has 23 heavy (non-hydrogen) atoms. The summed E-state index contributed by atoms with van der Waals surface area (Å²) in [5.74, 6) is 2.11. The first kappa shape index (κ1) is 19.6. The van der Waals surface area contributed by atoms with Crippen LogP contribution in [0.2, 0.25) is 0 Å². The zero-order valence-electron chi connectivity index (χ0n) is 13.6. The van der Waals surface area contributed by atoms with Gasteiger partial charge in [0.05, 0.1) is 13.2 Å². The van der Waals surface area contributed by atoms with Gasteiger partial charge in [0.1, 0.15) is 0 Å². The smallest absolute Gasteiger partial charge is 0.220 e. The van der Waals surface area contributed by atoms with E-state index >= 15 is 0 Å². The first-order valence-corrected chi connectivity index (χ1v) is 8.08. The highest BCUT2D eigenvalue weighted by Gasteiger charge is 2.30. The third-order valence-corrected chi connectivity index (χ3v) is 3.75. The van der Waals surface area contributed by atoms with Gasteiger partial charge in [0.2, 0.25) is 5.91 Å². The molecule has 1 aliphatic carbocycles. The predicted octanol–water partition coefficient (Wildman–Crippen LogP) is 2.52. The lowest BCUT2D eigenvalue weighted by molar-refractivity contribution is -0.122. The van der Waals surface area contributed by atoms with E-state index in [1.807, 2.05) is 31.2 Å². The Balaban J connectivity index is 0.00000264. The lowest BCUT2D eigenvalue weighted by Crippen LogP contribution is -2.41. The van der Waals surface area contributed by atoms with E-state index in [1.165, 1.54) is 12.8 Å². The van der Waals surface area contributed by atoms with Gasteiger partial charge in [-0.2, -0.15) is 0 Å². The van der Waals surface area contributed by atoms with Crippen molar-refractivity contribution in [2.45, 2.75) is 38.6 Å². The van der Waals surface area contributed by atoms with Gasteiger partial charge < -0.3 is 20.5 Å². The van der Waals surface area contributed by atoms with Gasteiger partial charge in [-0.15, -0.1) is 12.4 Å². The van der Waals surface area contributed by atoms with Crippen molar-refractivity contribution in [1.29, 1.82) is 0 Å². The average molecular weight is 343 g/mol. The van der Waals surface area contributed by atoms with Crippen molar-refractivity contribution in [3.63, 3.8) is 0 Å². The Kier molecular flexibility index (Phi) is 8.81. The van der Waals surface area contributed by atoms with Gasteiger partial charge in [-0.25, -0.2) is 0 Å². The van der Waals surface area contributed by atoms with Crippen LogP contribution in [0, 0.1) is 5.92 Å². The van der Waals surface area contributed by atoms with Crippen LogP contribution in [0.25, 0.3) is 0 Å². The molecule has 1 fully saturated rings. The number of amides is 1. The average Bonchev–Trinajstić information content (AvgIpc) is 3.36. The van der Waals surface area contributed by atoms with Crippen molar-refractivity contribution < 1.29 is 14.3 Å². The Hall–Kier alpha value is -1.46. The van der Waals surface area contributed by atoms with E-state index in [1.54, 1.807) is 0 Å². The van der Waals surface area contributed by atoms with Gasteiger partial charge in [-0.05, 0) is 44.2 Å². The summed E-state index contributed by atoms with van der Waals surface area (Å²) in [5, 5.41) is 3.01. The fourth-order valence-corrected chi connectivity index (χ4v) is 2.41. The molecule has 1 aromatic rings. The Morgan fingerprint density at radius 3 is 2.52 bits per heavy atom. The van der Waals surface area contributed by atoms with Crippen LogP contribution in [-0.2, 0) is 4.79 Å². The number of carbonyl (C=O) groups excluding carboxylic acids is 1. The molecule has 1 unspecified atom stereocenters. The molecule has 0 spiro atoms. The molecule has 1 saturated carbocycles. The van der Waals surface area contributed by atoms with Gasteiger partial charge >= 0.3 is 0 Å². The number of rotatable bonds is 10. The summed E-state index contributed by atoms with van der Waals surface area (Å²) >= 11 is 0. The minimum Gasteiger partial charge on any atom is -0.490 e. The number of hydrogen-bond acceptors (Lipinski definition) is 4. The highest BCUT2D eigenvalue weighted by molar-refractivity contribution is 5.85. The number of benzene rings is 1. The van der Waals surface area contributed by atoms with E-state index in [-0.39, 0.29) is 24.4 Å². The lowest BCUT2D eigenvalue weighted by atomic mass is 10.2. The number of hydrogen-bond donors (Lipinski definition) is 2. The second kappa shape index (κ2) is 10.3. The summed E-state index contributed by atoms with van der Waals surface area (Å²) in [7, 11) is 0. The molecule has 0 radical (unpaired) electrons. The molecule has 0 heterocycles. The SMILES string of the molecule is CCOc1ccccc1OCCCC(=O)NC(CN)C1CC1.Cl. The van der Waals surface area contributed by atoms with Crippen LogP contribution in [0.3, 0.4) is 0 Å². The van der Waals surface area contributed by atoms with Gasteiger partial charge in [0.25, 0.3) is 0 Å². The normalized spacial score (nSPS) is 14.5. The van der Waals surface area contributed by atoms with Crippen LogP contribution in [0.4, 0.5) is 0 Å². The first-order valence-electron chi connectivity index (χ1n) is 8.08. The van der Waals surface area contributed by atoms with Crippen LogP contribution >= 0.6 is 12.4 Å². The zero-order chi connectivity index (χ0) is 15.8. The molecule has 1 aromatic carbocycles. The van der Waals surface area contributed by atoms with E-state index in [9.17, 15) is 4.79 Å². The molecule has 0 aliphatic heterocycles. The maximum atomic E-state index is 11.9. The van der Waals surface area contributed by atoms with E-state index in [4.69, 9.17) is 15.2 Å². The second-order valence-corrected chi connectivity index (χ2v) is 5.58. The molecule has 130 valence electrons. The van der Waals surface area contributed by atoms with Crippen molar-refractivity contribution >= 4 is 18.3 Å². The molecular weight excluding hydrogens is 316 g/mol. The van der Waals surface area contributed by atoms with Gasteiger partial charge in [0.15, 0.2) is 11.5 Å². The minimum atomic E-state index is 0. The second-order valence-electron chi connectivity index (χ2n) is 5.58. The third-order valence-electron chi connectivity index (χ3n) is 3.75. The van der Waals surface area contributed by atoms with E-state index in [2.05, 4.69) is 5.32 Å². The quantitative estimate of drug-likeness (QED) is 0.641. The standard InChI is InChI=1S/C17H26N2O3.ClH/c1-2-21-15-6-3-4-7-16(15)22-11-5-8-17(20)19-14(12-18)13-9-10-13;/h3-4,6-7,13-14H,2,5,8-12,18H2,1H3,(H,19,20);1H. The number of carbonyl (C=O) groups is 1. The Morgan fingerprint density at radius 1 is 1.30 bits per heavy atom. The maximum Gasteiger partial charge on any atom is 0.220 e. The molecule has 1 amide bonds. The van der Waals surface area contributed by atoms with Crippen molar-refractivity contribution in [3.05, 3.63) is 24.3 Å². The van der Waals surface area contributed by atoms with Gasteiger partial charge in [-0.1, -0.05) is 12.1 Å². The fraction of sp³-hybridized carbons (Fsp3) is 0.588. The van der Waals surface area contributed by atoms with E-state index < -0.39 is 0 Å². The molecule has 1 aliphatic rings. The largest absolute Gasteiger partial charge is 0.490 e. The summed E-state index contributed by atoms with van der Waals surface area (Å²) in [6.07, 6.45) is 3.49. The number of ether oxygens (including phenoxy) is 2. The number of halogens is 1. The summed E-state index contributed by atoms with van der Waals surface area (Å²) in [5.41, 5.74) is 5.68. The Morgan fingerprint density at radius 2 is 1.96 bits per heavy atom. The molecule has 0 bridgehead atoms. The van der Waals surface area contributed by atoms with Crippen LogP contribution in [0.1, 0.15) is 32.6 Å². The molecule has 0 saturated heterocycles. The maximum absolute atomic E-state index is 11.9. The molecule has 6 heteroatoms. The minimum absolute atomic E-state index is 0. The van der Waals surface area contributed by atoms with Crippen molar-refractivity contribution in [2.24, 2.45) is 11.7 Å². The zero-order valence-corrected chi connectivity index (χ0v) is 14.4. The fourth-order valence-electron chi connectivity index (χ4n) is 2.41. The molecular formula is C17H27ClN2O3. The number of nitrogens with two attached hydrogens (primary N) is 1. The molecule has 0 aromatic heterocycles. The predicted molar refractivity (Wildman–Crippen MR) is 93.3 cm³/mol. The van der Waals surface area contributed by atoms with Gasteiger partial charge in [-0.3, -0.25) is 4.79 Å². The van der Waals surface area contributed by atoms with E-state index in [0.717, 1.165) is 11.5 Å². The first-order chi connectivity index (χ1) is 10.7. The summed E-state index contributed by atoms with van der Waals surface area (Å²) in [6.45, 7) is 3.56. The summed E-state index contributed by atoms with van der Waals surface area (Å²) in [4.78, 5) is 11.9. The summed E-state index contributed by atoms with van der Waals surface area (Å²) < 4.78 is 11.2. The van der Waals surface area contributed by atoms with Crippen molar-refractivity contribution in [1.82, 2.24) is 5.32 Å². The van der Waals surface area contributed by atoms with Crippen LogP contribution in [0.15, 0.2) is 24.3 Å². The van der Waals surface area contributed by atoms with Crippen molar-refractivity contribution in [3.8, 4) is 11.5 Å².